The van der Waals surface area contributed by atoms with E-state index in [0.29, 0.717) is 6.01 Å². The Balaban J connectivity index is 2.01. The molecular formula is C20H29N5O. The van der Waals surface area contributed by atoms with Crippen LogP contribution in [0.3, 0.4) is 0 Å². The molecule has 1 atom stereocenters. The van der Waals surface area contributed by atoms with E-state index < -0.39 is 0 Å². The van der Waals surface area contributed by atoms with Gasteiger partial charge in [-0.25, -0.2) is 4.98 Å². The normalized spacial score (nSPS) is 12.0. The van der Waals surface area contributed by atoms with Crippen LogP contribution in [-0.4, -0.2) is 53.1 Å². The number of hydrogen-bond donors (Lipinski definition) is 0. The zero-order valence-electron chi connectivity index (χ0n) is 16.0. The van der Waals surface area contributed by atoms with Crippen molar-refractivity contribution in [3.05, 3.63) is 55.0 Å². The lowest BCUT2D eigenvalue weighted by Crippen LogP contribution is -2.33. The van der Waals surface area contributed by atoms with Gasteiger partial charge >= 0.3 is 6.01 Å². The molecule has 0 saturated heterocycles. The summed E-state index contributed by atoms with van der Waals surface area (Å²) < 4.78 is 6.11. The third kappa shape index (κ3) is 6.44. The Morgan fingerprint density at radius 3 is 2.81 bits per heavy atom. The molecule has 1 unspecified atom stereocenters. The molecule has 2 rings (SSSR count). The number of likely N-dealkylation sites (N-methyl/N-ethyl adjacent to an activating group) is 1. The topological polar surface area (TPSA) is 54.4 Å². The first-order chi connectivity index (χ1) is 12.6. The number of hydrogen-bond acceptors (Lipinski definition) is 6. The molecule has 0 spiro atoms. The van der Waals surface area contributed by atoms with Crippen molar-refractivity contribution in [1.82, 2.24) is 19.9 Å². The van der Waals surface area contributed by atoms with Crippen molar-refractivity contribution in [2.24, 2.45) is 0 Å². The molecule has 2 aromatic heterocycles. The quantitative estimate of drug-likeness (QED) is 0.577. The number of allylic oxidation sites excluding steroid dienone is 1. The summed E-state index contributed by atoms with van der Waals surface area (Å²) in [6.45, 7) is 8.38. The minimum absolute atomic E-state index is 0.00291. The summed E-state index contributed by atoms with van der Waals surface area (Å²) >= 11 is 0. The van der Waals surface area contributed by atoms with Crippen molar-refractivity contribution < 1.29 is 4.74 Å². The monoisotopic (exact) mass is 355 g/mol. The maximum Gasteiger partial charge on any atom is 0.318 e. The second-order valence-electron chi connectivity index (χ2n) is 6.38. The van der Waals surface area contributed by atoms with E-state index in [1.807, 2.05) is 31.5 Å². The molecule has 0 aromatic carbocycles. The fraction of sp³-hybridized carbons (Fsp3) is 0.450. The van der Waals surface area contributed by atoms with Crippen LogP contribution >= 0.6 is 0 Å². The zero-order chi connectivity index (χ0) is 18.8. The highest BCUT2D eigenvalue weighted by atomic mass is 16.5. The Kier molecular flexibility index (Phi) is 8.02. The molecule has 2 heterocycles. The van der Waals surface area contributed by atoms with E-state index in [-0.39, 0.29) is 6.10 Å². The van der Waals surface area contributed by atoms with Crippen molar-refractivity contribution in [3.8, 4) is 6.01 Å². The molecule has 0 fully saturated rings. The lowest BCUT2D eigenvalue weighted by molar-refractivity contribution is 0.126. The fourth-order valence-corrected chi connectivity index (χ4v) is 2.62. The molecule has 0 aliphatic heterocycles. The summed E-state index contributed by atoms with van der Waals surface area (Å²) in [6.07, 6.45) is 9.10. The summed E-state index contributed by atoms with van der Waals surface area (Å²) in [5.41, 5.74) is 1.18. The maximum absolute atomic E-state index is 6.11. The summed E-state index contributed by atoms with van der Waals surface area (Å²) in [6, 6.07) is 6.35. The Morgan fingerprint density at radius 1 is 1.27 bits per heavy atom. The number of rotatable bonds is 11. The van der Waals surface area contributed by atoms with Gasteiger partial charge in [0.2, 0.25) is 0 Å². The van der Waals surface area contributed by atoms with Gasteiger partial charge in [0.25, 0.3) is 0 Å². The number of ether oxygens (including phenoxy) is 1. The SMILES string of the molecule is C=CCCC(CN(C)Cc1cccnc1)Oc1nccc(N(C)CC)n1. The van der Waals surface area contributed by atoms with Crippen LogP contribution in [-0.2, 0) is 6.54 Å². The van der Waals surface area contributed by atoms with Gasteiger partial charge in [0.05, 0.1) is 0 Å². The number of anilines is 1. The minimum atomic E-state index is -0.00291. The second kappa shape index (κ2) is 10.5. The molecule has 2 aromatic rings. The molecule has 0 N–H and O–H groups in total. The highest BCUT2D eigenvalue weighted by Gasteiger charge is 2.15. The van der Waals surface area contributed by atoms with E-state index in [0.717, 1.165) is 38.3 Å². The summed E-state index contributed by atoms with van der Waals surface area (Å²) in [7, 11) is 4.09. The molecular weight excluding hydrogens is 326 g/mol. The summed E-state index contributed by atoms with van der Waals surface area (Å²) in [5, 5.41) is 0. The zero-order valence-corrected chi connectivity index (χ0v) is 16.0. The molecule has 0 radical (unpaired) electrons. The molecule has 6 heteroatoms. The summed E-state index contributed by atoms with van der Waals surface area (Å²) in [5.74, 6) is 0.865. The third-order valence-electron chi connectivity index (χ3n) is 4.14. The standard InChI is InChI=1S/C20H29N5O/c1-5-7-10-18(16-24(3)15-17-9-8-12-21-14-17)26-20-22-13-11-19(23-20)25(4)6-2/h5,8-9,11-14,18H,1,6-7,10,15-16H2,2-4H3. The first-order valence-corrected chi connectivity index (χ1v) is 9.01. The minimum Gasteiger partial charge on any atom is -0.459 e. The van der Waals surface area contributed by atoms with Gasteiger partial charge in [0.15, 0.2) is 0 Å². The Morgan fingerprint density at radius 2 is 2.12 bits per heavy atom. The highest BCUT2D eigenvalue weighted by Crippen LogP contribution is 2.15. The highest BCUT2D eigenvalue weighted by molar-refractivity contribution is 5.36. The van der Waals surface area contributed by atoms with Gasteiger partial charge in [-0.2, -0.15) is 4.98 Å². The van der Waals surface area contributed by atoms with Gasteiger partial charge in [-0.1, -0.05) is 12.1 Å². The van der Waals surface area contributed by atoms with Crippen LogP contribution in [0.1, 0.15) is 25.3 Å². The van der Waals surface area contributed by atoms with Crippen molar-refractivity contribution in [3.63, 3.8) is 0 Å². The number of pyridine rings is 1. The predicted molar refractivity (Wildman–Crippen MR) is 105 cm³/mol. The molecule has 0 saturated carbocycles. The first-order valence-electron chi connectivity index (χ1n) is 9.01. The van der Waals surface area contributed by atoms with Gasteiger partial charge in [0, 0.05) is 45.3 Å². The van der Waals surface area contributed by atoms with Gasteiger partial charge in [-0.15, -0.1) is 6.58 Å². The van der Waals surface area contributed by atoms with Crippen molar-refractivity contribution >= 4 is 5.82 Å². The van der Waals surface area contributed by atoms with Crippen LogP contribution in [0.25, 0.3) is 0 Å². The molecule has 0 aliphatic rings. The second-order valence-corrected chi connectivity index (χ2v) is 6.38. The van der Waals surface area contributed by atoms with E-state index in [1.54, 1.807) is 12.4 Å². The van der Waals surface area contributed by atoms with E-state index in [9.17, 15) is 0 Å². The van der Waals surface area contributed by atoms with E-state index >= 15 is 0 Å². The molecule has 0 aliphatic carbocycles. The molecule has 0 amide bonds. The van der Waals surface area contributed by atoms with E-state index in [2.05, 4.69) is 51.4 Å². The molecule has 26 heavy (non-hydrogen) atoms. The van der Waals surface area contributed by atoms with Gasteiger partial charge in [0.1, 0.15) is 11.9 Å². The largest absolute Gasteiger partial charge is 0.459 e. The Labute approximate surface area is 156 Å². The van der Waals surface area contributed by atoms with Crippen LogP contribution in [0.5, 0.6) is 6.01 Å². The van der Waals surface area contributed by atoms with Gasteiger partial charge in [-0.3, -0.25) is 9.88 Å². The van der Waals surface area contributed by atoms with Gasteiger partial charge < -0.3 is 9.64 Å². The molecule has 6 nitrogen and oxygen atoms in total. The number of aromatic nitrogens is 3. The van der Waals surface area contributed by atoms with Crippen LogP contribution in [0.4, 0.5) is 5.82 Å². The number of nitrogens with zero attached hydrogens (tertiary/aromatic N) is 5. The van der Waals surface area contributed by atoms with E-state index in [4.69, 9.17) is 4.74 Å². The van der Waals surface area contributed by atoms with Crippen LogP contribution in [0.2, 0.25) is 0 Å². The third-order valence-corrected chi connectivity index (χ3v) is 4.14. The van der Waals surface area contributed by atoms with Crippen molar-refractivity contribution in [2.75, 3.05) is 32.1 Å². The molecule has 0 bridgehead atoms. The smallest absolute Gasteiger partial charge is 0.318 e. The van der Waals surface area contributed by atoms with Crippen molar-refractivity contribution in [2.45, 2.75) is 32.4 Å². The van der Waals surface area contributed by atoms with Crippen LogP contribution in [0, 0.1) is 0 Å². The average Bonchev–Trinajstić information content (AvgIpc) is 2.66. The van der Waals surface area contributed by atoms with E-state index in [1.165, 1.54) is 5.56 Å². The predicted octanol–water partition coefficient (Wildman–Crippen LogP) is 3.17. The first kappa shape index (κ1) is 19.8. The maximum atomic E-state index is 6.11. The van der Waals surface area contributed by atoms with Gasteiger partial charge in [-0.05, 0) is 44.5 Å². The lowest BCUT2D eigenvalue weighted by Gasteiger charge is -2.24. The molecule has 140 valence electrons. The van der Waals surface area contributed by atoms with Crippen LogP contribution < -0.4 is 9.64 Å². The summed E-state index contributed by atoms with van der Waals surface area (Å²) in [4.78, 5) is 17.3. The lowest BCUT2D eigenvalue weighted by atomic mass is 10.1. The van der Waals surface area contributed by atoms with Crippen LogP contribution in [0.15, 0.2) is 49.4 Å². The fourth-order valence-electron chi connectivity index (χ4n) is 2.62. The Hall–Kier alpha value is -2.47. The Bertz CT molecular complexity index is 664. The average molecular weight is 355 g/mol. The van der Waals surface area contributed by atoms with Crippen molar-refractivity contribution in [1.29, 1.82) is 0 Å².